The Balaban J connectivity index is 1.55. The van der Waals surface area contributed by atoms with Crippen molar-refractivity contribution in [3.05, 3.63) is 64.8 Å². The van der Waals surface area contributed by atoms with Gasteiger partial charge in [-0.2, -0.15) is 0 Å². The molecule has 0 bridgehead atoms. The van der Waals surface area contributed by atoms with Gasteiger partial charge in [-0.25, -0.2) is 15.0 Å². The van der Waals surface area contributed by atoms with Crippen LogP contribution in [-0.2, 0) is 13.0 Å². The van der Waals surface area contributed by atoms with Crippen LogP contribution in [0.2, 0.25) is 0 Å². The number of anilines is 1. The normalized spacial score (nSPS) is 14.3. The fraction of sp³-hybridized carbons (Fsp3) is 0.238. The van der Waals surface area contributed by atoms with E-state index in [1.807, 2.05) is 31.5 Å². The highest BCUT2D eigenvalue weighted by Gasteiger charge is 2.21. The van der Waals surface area contributed by atoms with Crippen LogP contribution in [0.4, 0.5) is 5.82 Å². The van der Waals surface area contributed by atoms with Crippen molar-refractivity contribution >= 4 is 28.1 Å². The smallest absolute Gasteiger partial charge is 0.140 e. The van der Waals surface area contributed by atoms with E-state index in [1.54, 1.807) is 11.3 Å². The maximum absolute atomic E-state index is 8.02. The number of thiazole rings is 1. The maximum Gasteiger partial charge on any atom is 0.140 e. The first-order valence-electron chi connectivity index (χ1n) is 9.47. The van der Waals surface area contributed by atoms with Crippen molar-refractivity contribution in [3.63, 3.8) is 0 Å². The van der Waals surface area contributed by atoms with E-state index in [2.05, 4.69) is 38.9 Å². The third-order valence-corrected chi connectivity index (χ3v) is 5.93. The van der Waals surface area contributed by atoms with Gasteiger partial charge in [0.1, 0.15) is 13.5 Å². The second-order valence-electron chi connectivity index (χ2n) is 6.91. The fourth-order valence-corrected chi connectivity index (χ4v) is 4.35. The third kappa shape index (κ3) is 2.96. The second kappa shape index (κ2) is 6.39. The molecular weight excluding hydrogens is 354 g/mol. The molecule has 0 N–H and O–H groups in total. The molecule has 0 saturated heterocycles. The monoisotopic (exact) mass is 374 g/mol. The van der Waals surface area contributed by atoms with Crippen LogP contribution in [-0.4, -0.2) is 26.5 Å². The molecule has 3 aromatic heterocycles. The summed E-state index contributed by atoms with van der Waals surface area (Å²) in [7, 11) is 0. The number of fused-ring (bicyclic) bond motifs is 2. The number of aromatic nitrogens is 4. The van der Waals surface area contributed by atoms with Crippen molar-refractivity contribution in [1.29, 1.82) is 0 Å². The molecule has 0 radical (unpaired) electrons. The average molecular weight is 374 g/mol. The highest BCUT2D eigenvalue weighted by Crippen LogP contribution is 2.31. The van der Waals surface area contributed by atoms with Gasteiger partial charge in [-0.3, -0.25) is 4.98 Å². The molecule has 0 saturated carbocycles. The summed E-state index contributed by atoms with van der Waals surface area (Å²) in [5.41, 5.74) is 5.44. The molecule has 1 aromatic carbocycles. The Labute approximate surface area is 163 Å². The molecule has 1 aliphatic heterocycles. The predicted molar refractivity (Wildman–Crippen MR) is 109 cm³/mol. The Kier molecular flexibility index (Phi) is 3.60. The first kappa shape index (κ1) is 15.2. The van der Waals surface area contributed by atoms with Crippen LogP contribution in [0.5, 0.6) is 0 Å². The Morgan fingerprint density at radius 1 is 1.07 bits per heavy atom. The molecular formula is C21H19N5S. The molecule has 0 fully saturated rings. The van der Waals surface area contributed by atoms with Crippen molar-refractivity contribution in [2.45, 2.75) is 26.8 Å². The minimum atomic E-state index is 0.0594. The van der Waals surface area contributed by atoms with Crippen molar-refractivity contribution in [3.8, 4) is 10.4 Å². The molecule has 27 heavy (non-hydrogen) atoms. The van der Waals surface area contributed by atoms with Gasteiger partial charge in [0.15, 0.2) is 0 Å². The molecule has 0 aliphatic carbocycles. The summed E-state index contributed by atoms with van der Waals surface area (Å²) in [6, 6.07) is 8.32. The van der Waals surface area contributed by atoms with E-state index in [1.165, 1.54) is 5.56 Å². The molecule has 134 valence electrons. The Hall–Kier alpha value is -2.86. The van der Waals surface area contributed by atoms with Gasteiger partial charge in [0.05, 0.1) is 15.4 Å². The van der Waals surface area contributed by atoms with Crippen LogP contribution in [0.15, 0.2) is 43.0 Å². The van der Waals surface area contributed by atoms with Crippen molar-refractivity contribution in [2.24, 2.45) is 0 Å². The Morgan fingerprint density at radius 2 is 2.00 bits per heavy atom. The van der Waals surface area contributed by atoms with E-state index in [0.29, 0.717) is 0 Å². The van der Waals surface area contributed by atoms with Crippen LogP contribution in [0, 0.1) is 13.8 Å². The minimum Gasteiger partial charge on any atom is -0.351 e. The quantitative estimate of drug-likeness (QED) is 0.523. The molecule has 0 amide bonds. The molecule has 5 nitrogen and oxygen atoms in total. The van der Waals surface area contributed by atoms with E-state index < -0.39 is 0 Å². The zero-order valence-electron chi connectivity index (χ0n) is 16.2. The van der Waals surface area contributed by atoms with E-state index in [9.17, 15) is 0 Å². The number of rotatable bonds is 2. The molecule has 5 rings (SSSR count). The van der Waals surface area contributed by atoms with Gasteiger partial charge in [0.2, 0.25) is 0 Å². The number of pyridine rings is 1. The van der Waals surface area contributed by atoms with Gasteiger partial charge < -0.3 is 4.90 Å². The SMILES string of the molecule is [2H]c1nc(N2CCc3ncc(-c4cnc(C)s4)cc3C2)c2cc(C)ccc2n1. The van der Waals surface area contributed by atoms with Gasteiger partial charge in [0.25, 0.3) is 0 Å². The number of nitrogens with zero attached hydrogens (tertiary/aromatic N) is 5. The van der Waals surface area contributed by atoms with Gasteiger partial charge in [-0.05, 0) is 37.6 Å². The molecule has 0 spiro atoms. The topological polar surface area (TPSA) is 54.8 Å². The number of hydrogen-bond acceptors (Lipinski definition) is 6. The van der Waals surface area contributed by atoms with Gasteiger partial charge >= 0.3 is 0 Å². The number of benzene rings is 1. The van der Waals surface area contributed by atoms with Gasteiger partial charge in [-0.1, -0.05) is 11.6 Å². The van der Waals surface area contributed by atoms with Crippen molar-refractivity contribution in [2.75, 3.05) is 11.4 Å². The summed E-state index contributed by atoms with van der Waals surface area (Å²) in [5, 5.41) is 2.06. The van der Waals surface area contributed by atoms with Crippen LogP contribution in [0.1, 0.15) is 23.2 Å². The van der Waals surface area contributed by atoms with Crippen molar-refractivity contribution < 1.29 is 1.37 Å². The molecule has 4 aromatic rings. The summed E-state index contributed by atoms with van der Waals surface area (Å²) in [5.74, 6) is 0.836. The number of aryl methyl sites for hydroxylation is 2. The Morgan fingerprint density at radius 3 is 2.85 bits per heavy atom. The first-order chi connectivity index (χ1) is 13.6. The lowest BCUT2D eigenvalue weighted by molar-refractivity contribution is 0.705. The molecule has 6 heteroatoms. The number of hydrogen-bond donors (Lipinski definition) is 0. The fourth-order valence-electron chi connectivity index (χ4n) is 3.59. The highest BCUT2D eigenvalue weighted by molar-refractivity contribution is 7.15. The predicted octanol–water partition coefficient (Wildman–Crippen LogP) is 4.33. The molecule has 0 atom stereocenters. The zero-order valence-corrected chi connectivity index (χ0v) is 16.0. The Bertz CT molecular complexity index is 1200. The third-order valence-electron chi connectivity index (χ3n) is 4.96. The summed E-state index contributed by atoms with van der Waals surface area (Å²) < 4.78 is 8.02. The standard InChI is InChI=1S/C21H19N5S/c1-13-3-4-19-17(7-13)21(25-12-24-19)26-6-5-18-16(11-26)8-15(9-23-18)20-10-22-14(2)27-20/h3-4,7-10,12H,5-6,11H2,1-2H3/i12D. The van der Waals surface area contributed by atoms with E-state index in [-0.39, 0.29) is 6.30 Å². The van der Waals surface area contributed by atoms with Crippen LogP contribution < -0.4 is 4.90 Å². The second-order valence-corrected chi connectivity index (χ2v) is 8.15. The summed E-state index contributed by atoms with van der Waals surface area (Å²) >= 11 is 1.68. The minimum absolute atomic E-state index is 0.0594. The average Bonchev–Trinajstić information content (AvgIpc) is 3.13. The van der Waals surface area contributed by atoms with E-state index >= 15 is 0 Å². The lowest BCUT2D eigenvalue weighted by Crippen LogP contribution is -2.31. The summed E-state index contributed by atoms with van der Waals surface area (Å²) in [4.78, 5) is 21.2. The van der Waals surface area contributed by atoms with Gasteiger partial charge in [0, 0.05) is 48.5 Å². The first-order valence-corrected chi connectivity index (χ1v) is 9.79. The maximum atomic E-state index is 8.02. The largest absolute Gasteiger partial charge is 0.351 e. The van der Waals surface area contributed by atoms with Crippen LogP contribution in [0.3, 0.4) is 0 Å². The lowest BCUT2D eigenvalue weighted by Gasteiger charge is -2.30. The lowest BCUT2D eigenvalue weighted by atomic mass is 10.0. The van der Waals surface area contributed by atoms with Crippen molar-refractivity contribution in [1.82, 2.24) is 19.9 Å². The highest BCUT2D eigenvalue weighted by atomic mass is 32.1. The molecule has 4 heterocycles. The van der Waals surface area contributed by atoms with Crippen LogP contribution >= 0.6 is 11.3 Å². The van der Waals surface area contributed by atoms with E-state index in [0.717, 1.165) is 62.9 Å². The molecule has 1 aliphatic rings. The van der Waals surface area contributed by atoms with Crippen LogP contribution in [0.25, 0.3) is 21.3 Å². The summed E-state index contributed by atoms with van der Waals surface area (Å²) in [6.45, 7) is 5.64. The summed E-state index contributed by atoms with van der Waals surface area (Å²) in [6.07, 6.45) is 4.79. The van der Waals surface area contributed by atoms with Gasteiger partial charge in [-0.15, -0.1) is 11.3 Å². The van der Waals surface area contributed by atoms with E-state index in [4.69, 9.17) is 6.35 Å². The zero-order chi connectivity index (χ0) is 19.3. The molecule has 0 unspecified atom stereocenters.